The van der Waals surface area contributed by atoms with Crippen LogP contribution in [0.4, 0.5) is 0 Å². The smallest absolute Gasteiger partial charge is 0.252 e. The fourth-order valence-electron chi connectivity index (χ4n) is 1.81. The van der Waals surface area contributed by atoms with E-state index in [9.17, 15) is 4.79 Å². The number of hydrogen-bond donors (Lipinski definition) is 2. The average molecular weight is 402 g/mol. The molecule has 1 aromatic carbocycles. The lowest BCUT2D eigenvalue weighted by Crippen LogP contribution is -2.27. The molecule has 20 heavy (non-hydrogen) atoms. The van der Waals surface area contributed by atoms with Gasteiger partial charge < -0.3 is 9.88 Å². The van der Waals surface area contributed by atoms with Gasteiger partial charge in [0.15, 0.2) is 4.77 Å². The topological polar surface area (TPSA) is 62.7 Å². The van der Waals surface area contributed by atoms with Gasteiger partial charge in [-0.15, -0.1) is 0 Å². The number of rotatable bonds is 4. The van der Waals surface area contributed by atoms with Crippen LogP contribution in [0.3, 0.4) is 0 Å². The van der Waals surface area contributed by atoms with Gasteiger partial charge in [-0.05, 0) is 53.4 Å². The van der Waals surface area contributed by atoms with Gasteiger partial charge in [0.25, 0.3) is 5.91 Å². The van der Waals surface area contributed by atoms with Crippen LogP contribution in [-0.2, 0) is 13.5 Å². The summed E-state index contributed by atoms with van der Waals surface area (Å²) in [5.41, 5.74) is 1.81. The second-order valence-electron chi connectivity index (χ2n) is 4.45. The molecule has 2 N–H and O–H groups in total. The van der Waals surface area contributed by atoms with Crippen molar-refractivity contribution in [2.45, 2.75) is 13.3 Å². The maximum Gasteiger partial charge on any atom is 0.252 e. The first-order chi connectivity index (χ1) is 9.50. The summed E-state index contributed by atoms with van der Waals surface area (Å²) in [6.45, 7) is 2.52. The molecule has 0 aliphatic heterocycles. The third kappa shape index (κ3) is 3.26. The second kappa shape index (κ2) is 6.49. The lowest BCUT2D eigenvalue weighted by atomic mass is 10.1. The van der Waals surface area contributed by atoms with E-state index in [4.69, 9.17) is 12.2 Å². The van der Waals surface area contributed by atoms with E-state index >= 15 is 0 Å². The van der Waals surface area contributed by atoms with Crippen molar-refractivity contribution < 1.29 is 4.79 Å². The molecule has 1 heterocycles. The molecule has 0 fully saturated rings. The second-order valence-corrected chi connectivity index (χ2v) is 5.91. The lowest BCUT2D eigenvalue weighted by Gasteiger charge is -2.08. The van der Waals surface area contributed by atoms with E-state index in [-0.39, 0.29) is 5.91 Å². The van der Waals surface area contributed by atoms with Crippen molar-refractivity contribution in [3.05, 3.63) is 43.5 Å². The van der Waals surface area contributed by atoms with Gasteiger partial charge in [0.05, 0.1) is 5.56 Å². The van der Waals surface area contributed by atoms with Crippen molar-refractivity contribution in [2.75, 3.05) is 6.54 Å². The van der Waals surface area contributed by atoms with E-state index in [1.165, 1.54) is 0 Å². The van der Waals surface area contributed by atoms with Crippen molar-refractivity contribution in [1.29, 1.82) is 0 Å². The Kier molecular flexibility index (Phi) is 4.92. The summed E-state index contributed by atoms with van der Waals surface area (Å²) in [4.78, 5) is 12.1. The number of hydrogen-bond acceptors (Lipinski definition) is 3. The number of halogens is 1. The number of carbonyl (C=O) groups excluding carboxylic acids is 1. The Morgan fingerprint density at radius 3 is 2.95 bits per heavy atom. The van der Waals surface area contributed by atoms with Gasteiger partial charge in [0, 0.05) is 23.6 Å². The fraction of sp³-hybridized carbons (Fsp3) is 0.308. The van der Waals surface area contributed by atoms with Crippen LogP contribution in [0.1, 0.15) is 21.7 Å². The highest BCUT2D eigenvalue weighted by Crippen LogP contribution is 2.16. The van der Waals surface area contributed by atoms with E-state index in [0.29, 0.717) is 23.3 Å². The summed E-state index contributed by atoms with van der Waals surface area (Å²) >= 11 is 7.24. The Morgan fingerprint density at radius 1 is 1.55 bits per heavy atom. The number of carbonyl (C=O) groups is 1. The number of nitrogens with one attached hydrogen (secondary N) is 2. The molecule has 0 aliphatic carbocycles. The zero-order valence-electron chi connectivity index (χ0n) is 11.2. The number of aromatic amines is 1. The SMILES string of the molecule is Cc1cccc(C(=O)NCCc2n[nH]c(=S)n2C)c1I. The number of H-pyrrole nitrogens is 1. The zero-order chi connectivity index (χ0) is 14.7. The van der Waals surface area contributed by atoms with Crippen LogP contribution < -0.4 is 5.32 Å². The molecular formula is C13H15IN4OS. The summed E-state index contributed by atoms with van der Waals surface area (Å²) in [5.74, 6) is 0.768. The van der Waals surface area contributed by atoms with E-state index < -0.39 is 0 Å². The zero-order valence-corrected chi connectivity index (χ0v) is 14.2. The normalized spacial score (nSPS) is 10.6. The summed E-state index contributed by atoms with van der Waals surface area (Å²) in [6, 6.07) is 5.72. The number of nitrogens with zero attached hydrogens (tertiary/aromatic N) is 2. The summed E-state index contributed by atoms with van der Waals surface area (Å²) in [5, 5.41) is 9.74. The molecule has 2 rings (SSSR count). The maximum absolute atomic E-state index is 12.1. The molecule has 0 spiro atoms. The minimum absolute atomic E-state index is 0.0603. The molecule has 1 aromatic heterocycles. The molecular weight excluding hydrogens is 387 g/mol. The van der Waals surface area contributed by atoms with Crippen molar-refractivity contribution in [3.8, 4) is 0 Å². The van der Waals surface area contributed by atoms with Crippen LogP contribution in [0.25, 0.3) is 0 Å². The van der Waals surface area contributed by atoms with Crippen LogP contribution in [0.2, 0.25) is 0 Å². The number of amides is 1. The molecule has 2 aromatic rings. The average Bonchev–Trinajstić information content (AvgIpc) is 2.73. The molecule has 7 heteroatoms. The van der Waals surface area contributed by atoms with Gasteiger partial charge in [-0.2, -0.15) is 5.10 Å². The van der Waals surface area contributed by atoms with Gasteiger partial charge in [-0.3, -0.25) is 9.89 Å². The maximum atomic E-state index is 12.1. The van der Waals surface area contributed by atoms with Crippen LogP contribution in [0.5, 0.6) is 0 Å². The van der Waals surface area contributed by atoms with Gasteiger partial charge in [-0.25, -0.2) is 0 Å². The molecule has 1 amide bonds. The Balaban J connectivity index is 1.97. The predicted octanol–water partition coefficient (Wildman–Crippen LogP) is 2.36. The summed E-state index contributed by atoms with van der Waals surface area (Å²) in [7, 11) is 1.85. The first kappa shape index (κ1) is 15.2. The first-order valence-electron chi connectivity index (χ1n) is 6.14. The molecule has 0 aliphatic rings. The van der Waals surface area contributed by atoms with Crippen LogP contribution >= 0.6 is 34.8 Å². The van der Waals surface area contributed by atoms with E-state index in [1.807, 2.05) is 32.2 Å². The van der Waals surface area contributed by atoms with Crippen molar-refractivity contribution in [3.63, 3.8) is 0 Å². The largest absolute Gasteiger partial charge is 0.352 e. The third-order valence-corrected chi connectivity index (χ3v) is 4.84. The summed E-state index contributed by atoms with van der Waals surface area (Å²) in [6.07, 6.45) is 0.637. The standard InChI is InChI=1S/C13H15IN4OS/c1-8-4-3-5-9(11(8)14)12(19)15-7-6-10-16-17-13(20)18(10)2/h3-5H,6-7H2,1-2H3,(H,15,19)(H,17,20). The molecule has 106 valence electrons. The van der Waals surface area contributed by atoms with Crippen LogP contribution in [-0.4, -0.2) is 27.2 Å². The Labute approximate surface area is 135 Å². The van der Waals surface area contributed by atoms with Gasteiger partial charge in [0.1, 0.15) is 5.82 Å². The third-order valence-electron chi connectivity index (χ3n) is 3.04. The number of benzene rings is 1. The highest BCUT2D eigenvalue weighted by Gasteiger charge is 2.11. The van der Waals surface area contributed by atoms with E-state index in [0.717, 1.165) is 15.0 Å². The van der Waals surface area contributed by atoms with Crippen molar-refractivity contribution in [1.82, 2.24) is 20.1 Å². The fourth-order valence-corrected chi connectivity index (χ4v) is 2.56. The lowest BCUT2D eigenvalue weighted by molar-refractivity contribution is 0.0953. The van der Waals surface area contributed by atoms with Crippen LogP contribution in [0, 0.1) is 15.3 Å². The molecule has 0 saturated heterocycles. The highest BCUT2D eigenvalue weighted by molar-refractivity contribution is 14.1. The molecule has 0 bridgehead atoms. The number of aryl methyl sites for hydroxylation is 1. The molecule has 0 atom stereocenters. The molecule has 0 saturated carbocycles. The molecule has 0 radical (unpaired) electrons. The quantitative estimate of drug-likeness (QED) is 0.610. The van der Waals surface area contributed by atoms with E-state index in [2.05, 4.69) is 38.1 Å². The van der Waals surface area contributed by atoms with Crippen molar-refractivity contribution in [2.24, 2.45) is 7.05 Å². The Hall–Kier alpha value is -1.22. The Morgan fingerprint density at radius 2 is 2.30 bits per heavy atom. The Bertz CT molecular complexity index is 692. The predicted molar refractivity (Wildman–Crippen MR) is 88.3 cm³/mol. The molecule has 0 unspecified atom stereocenters. The summed E-state index contributed by atoms with van der Waals surface area (Å²) < 4.78 is 3.37. The monoisotopic (exact) mass is 402 g/mol. The van der Waals surface area contributed by atoms with Gasteiger partial charge in [-0.1, -0.05) is 12.1 Å². The highest BCUT2D eigenvalue weighted by atomic mass is 127. The van der Waals surface area contributed by atoms with Crippen LogP contribution in [0.15, 0.2) is 18.2 Å². The number of aromatic nitrogens is 3. The first-order valence-corrected chi connectivity index (χ1v) is 7.63. The molecule has 5 nitrogen and oxygen atoms in total. The van der Waals surface area contributed by atoms with Gasteiger partial charge >= 0.3 is 0 Å². The minimum Gasteiger partial charge on any atom is -0.352 e. The van der Waals surface area contributed by atoms with Crippen molar-refractivity contribution >= 4 is 40.7 Å². The minimum atomic E-state index is -0.0603. The van der Waals surface area contributed by atoms with Gasteiger partial charge in [0.2, 0.25) is 0 Å². The van der Waals surface area contributed by atoms with E-state index in [1.54, 1.807) is 4.57 Å².